The van der Waals surface area contributed by atoms with Crippen molar-refractivity contribution >= 4 is 0 Å². The molecule has 0 fully saturated rings. The minimum absolute atomic E-state index is 0.108. The number of nitrogens with zero attached hydrogens (tertiary/aromatic N) is 1. The van der Waals surface area contributed by atoms with E-state index in [0.717, 1.165) is 18.1 Å². The molecule has 1 unspecified atom stereocenters. The first-order valence-electron chi connectivity index (χ1n) is 9.67. The summed E-state index contributed by atoms with van der Waals surface area (Å²) in [5, 5.41) is 28.7. The third-order valence-electron chi connectivity index (χ3n) is 3.90. The summed E-state index contributed by atoms with van der Waals surface area (Å²) in [5.41, 5.74) is 0. The van der Waals surface area contributed by atoms with E-state index >= 15 is 0 Å². The van der Waals surface area contributed by atoms with E-state index in [1.54, 1.807) is 0 Å². The van der Waals surface area contributed by atoms with Gasteiger partial charge in [-0.3, -0.25) is 9.68 Å². The average molecular weight is 350 g/mol. The summed E-state index contributed by atoms with van der Waals surface area (Å²) in [6, 6.07) is 0. The van der Waals surface area contributed by atoms with Crippen LogP contribution in [0.1, 0.15) is 77.6 Å². The molecule has 6 nitrogen and oxygen atoms in total. The van der Waals surface area contributed by atoms with Crippen LogP contribution in [-0.2, 0) is 9.68 Å². The molecule has 0 radical (unpaired) electrons. The second-order valence-corrected chi connectivity index (χ2v) is 6.25. The molecule has 0 amide bonds. The molecule has 146 valence electrons. The second-order valence-electron chi connectivity index (χ2n) is 6.25. The number of hydrogen-bond acceptors (Lipinski definition) is 6. The minimum Gasteiger partial charge on any atom is -0.394 e. The molecule has 0 rings (SSSR count). The van der Waals surface area contributed by atoms with Gasteiger partial charge >= 0.3 is 0 Å². The van der Waals surface area contributed by atoms with E-state index in [2.05, 4.69) is 6.92 Å². The van der Waals surface area contributed by atoms with Crippen LogP contribution in [0.3, 0.4) is 0 Å². The lowest BCUT2D eigenvalue weighted by molar-refractivity contribution is -0.377. The highest BCUT2D eigenvalue weighted by atomic mass is 16.9. The first-order valence-corrected chi connectivity index (χ1v) is 9.67. The summed E-state index contributed by atoms with van der Waals surface area (Å²) in [6.07, 6.45) is 12.9. The fourth-order valence-corrected chi connectivity index (χ4v) is 2.56. The number of hydrogen-bond donors (Lipinski definition) is 3. The number of aliphatic hydroxyl groups is 3. The van der Waals surface area contributed by atoms with Crippen molar-refractivity contribution in [3.63, 3.8) is 0 Å². The molecule has 0 saturated carbocycles. The molecule has 0 aromatic rings. The Bertz CT molecular complexity index is 235. The summed E-state index contributed by atoms with van der Waals surface area (Å²) >= 11 is 0. The smallest absolute Gasteiger partial charge is 0.0942 e. The minimum atomic E-state index is -0.531. The molecule has 1 atom stereocenters. The topological polar surface area (TPSA) is 82.4 Å². The van der Waals surface area contributed by atoms with E-state index in [1.165, 1.54) is 51.4 Å². The third kappa shape index (κ3) is 16.6. The van der Waals surface area contributed by atoms with E-state index < -0.39 is 6.10 Å². The van der Waals surface area contributed by atoms with E-state index in [0.29, 0.717) is 6.42 Å². The second kappa shape index (κ2) is 19.1. The fraction of sp³-hybridized carbons (Fsp3) is 1.00. The van der Waals surface area contributed by atoms with Crippen LogP contribution in [0.4, 0.5) is 0 Å². The number of rotatable bonds is 19. The van der Waals surface area contributed by atoms with Crippen molar-refractivity contribution in [2.45, 2.75) is 83.7 Å². The van der Waals surface area contributed by atoms with Gasteiger partial charge in [0.1, 0.15) is 0 Å². The van der Waals surface area contributed by atoms with Crippen LogP contribution in [0.25, 0.3) is 0 Å². The van der Waals surface area contributed by atoms with Crippen molar-refractivity contribution < 1.29 is 25.0 Å². The molecule has 24 heavy (non-hydrogen) atoms. The van der Waals surface area contributed by atoms with Crippen LogP contribution >= 0.6 is 0 Å². The first kappa shape index (κ1) is 23.8. The van der Waals surface area contributed by atoms with Crippen LogP contribution in [-0.4, -0.2) is 59.6 Å². The summed E-state index contributed by atoms with van der Waals surface area (Å²) in [7, 11) is 0. The van der Waals surface area contributed by atoms with Gasteiger partial charge in [-0.15, -0.1) is 0 Å². The predicted octanol–water partition coefficient (Wildman–Crippen LogP) is 2.81. The lowest BCUT2D eigenvalue weighted by atomic mass is 10.0. The molecular formula is C18H39NO5. The zero-order valence-electron chi connectivity index (χ0n) is 15.5. The van der Waals surface area contributed by atoms with Crippen LogP contribution < -0.4 is 0 Å². The first-order chi connectivity index (χ1) is 11.7. The van der Waals surface area contributed by atoms with Crippen molar-refractivity contribution in [3.05, 3.63) is 0 Å². The van der Waals surface area contributed by atoms with Gasteiger partial charge < -0.3 is 15.3 Å². The lowest BCUT2D eigenvalue weighted by Gasteiger charge is -2.22. The van der Waals surface area contributed by atoms with Crippen molar-refractivity contribution in [2.24, 2.45) is 0 Å². The Morgan fingerprint density at radius 1 is 0.750 bits per heavy atom. The maximum atomic E-state index is 10.0. The maximum absolute atomic E-state index is 10.0. The summed E-state index contributed by atoms with van der Waals surface area (Å²) in [6.45, 7) is 2.44. The monoisotopic (exact) mass is 349 g/mol. The summed E-state index contributed by atoms with van der Waals surface area (Å²) in [4.78, 5) is 10.3. The molecule has 0 saturated heterocycles. The molecule has 0 aliphatic rings. The maximum Gasteiger partial charge on any atom is 0.0942 e. The molecule has 0 aromatic heterocycles. The van der Waals surface area contributed by atoms with Crippen LogP contribution in [0.5, 0.6) is 0 Å². The zero-order chi connectivity index (χ0) is 17.9. The highest BCUT2D eigenvalue weighted by molar-refractivity contribution is 4.57. The molecule has 3 N–H and O–H groups in total. The summed E-state index contributed by atoms with van der Waals surface area (Å²) < 4.78 is 0. The zero-order valence-corrected chi connectivity index (χ0v) is 15.5. The Kier molecular flexibility index (Phi) is 18.9. The van der Waals surface area contributed by atoms with E-state index in [1.807, 2.05) is 0 Å². The largest absolute Gasteiger partial charge is 0.394 e. The molecule has 0 aromatic carbocycles. The van der Waals surface area contributed by atoms with Crippen LogP contribution in [0, 0.1) is 0 Å². The Labute approximate surface area is 147 Å². The van der Waals surface area contributed by atoms with Gasteiger partial charge in [-0.1, -0.05) is 76.4 Å². The molecule has 0 spiro atoms. The van der Waals surface area contributed by atoms with Crippen molar-refractivity contribution in [1.29, 1.82) is 0 Å². The Balaban J connectivity index is 3.52. The number of hydroxylamine groups is 2. The lowest BCUT2D eigenvalue weighted by Crippen LogP contribution is -2.34. The van der Waals surface area contributed by atoms with E-state index in [4.69, 9.17) is 19.9 Å². The molecule has 0 bridgehead atoms. The van der Waals surface area contributed by atoms with Crippen molar-refractivity contribution in [1.82, 2.24) is 5.23 Å². The number of aliphatic hydroxyl groups excluding tert-OH is 3. The van der Waals surface area contributed by atoms with Gasteiger partial charge in [0.25, 0.3) is 0 Å². The van der Waals surface area contributed by atoms with Crippen molar-refractivity contribution in [3.8, 4) is 0 Å². The Hall–Kier alpha value is -0.240. The normalized spacial score (nSPS) is 12.9. The van der Waals surface area contributed by atoms with Gasteiger partial charge in [0, 0.05) is 0 Å². The van der Waals surface area contributed by atoms with Gasteiger partial charge in [0.05, 0.1) is 39.1 Å². The van der Waals surface area contributed by atoms with Gasteiger partial charge in [-0.2, -0.15) is 0 Å². The SMILES string of the molecule is CCCCCCCCCCCCC(O)CN(OCCO)OCCO. The predicted molar refractivity (Wildman–Crippen MR) is 95.2 cm³/mol. The van der Waals surface area contributed by atoms with E-state index in [9.17, 15) is 5.11 Å². The third-order valence-corrected chi connectivity index (χ3v) is 3.90. The van der Waals surface area contributed by atoms with Crippen molar-refractivity contribution in [2.75, 3.05) is 33.0 Å². The molecule has 0 heterocycles. The summed E-state index contributed by atoms with van der Waals surface area (Å²) in [5.74, 6) is 0. The molecular weight excluding hydrogens is 310 g/mol. The van der Waals surface area contributed by atoms with Gasteiger partial charge in [0.15, 0.2) is 0 Å². The average Bonchev–Trinajstić information content (AvgIpc) is 2.59. The highest BCUT2D eigenvalue weighted by Crippen LogP contribution is 2.12. The molecule has 0 aliphatic carbocycles. The molecule has 6 heteroatoms. The highest BCUT2D eigenvalue weighted by Gasteiger charge is 2.13. The number of unbranched alkanes of at least 4 members (excludes halogenated alkanes) is 9. The standard InChI is InChI=1S/C18H39NO5/c1-2-3-4-5-6-7-8-9-10-11-12-18(22)17-19(23-15-13-20)24-16-14-21/h18,20-22H,2-17H2,1H3. The van der Waals surface area contributed by atoms with Crippen LogP contribution in [0.15, 0.2) is 0 Å². The van der Waals surface area contributed by atoms with Gasteiger partial charge in [-0.05, 0) is 6.42 Å². The van der Waals surface area contributed by atoms with Gasteiger partial charge in [-0.25, -0.2) is 0 Å². The molecule has 0 aliphatic heterocycles. The van der Waals surface area contributed by atoms with E-state index in [-0.39, 0.29) is 33.0 Å². The Morgan fingerprint density at radius 3 is 1.67 bits per heavy atom. The Morgan fingerprint density at radius 2 is 1.21 bits per heavy atom. The fourth-order valence-electron chi connectivity index (χ4n) is 2.56. The van der Waals surface area contributed by atoms with Gasteiger partial charge in [0.2, 0.25) is 0 Å². The quantitative estimate of drug-likeness (QED) is 0.246. The van der Waals surface area contributed by atoms with Crippen LogP contribution in [0.2, 0.25) is 0 Å².